The van der Waals surface area contributed by atoms with Crippen LogP contribution in [0.1, 0.15) is 31.3 Å². The third kappa shape index (κ3) is 2.63. The van der Waals surface area contributed by atoms with Crippen LogP contribution in [0.3, 0.4) is 0 Å². The van der Waals surface area contributed by atoms with E-state index in [1.54, 1.807) is 6.92 Å². The summed E-state index contributed by atoms with van der Waals surface area (Å²) in [5, 5.41) is 19.9. The molecular weight excluding hydrogens is 266 g/mol. The Kier molecular flexibility index (Phi) is 4.17. The average molecular weight is 283 g/mol. The summed E-state index contributed by atoms with van der Waals surface area (Å²) in [5.74, 6) is -1.73. The van der Waals surface area contributed by atoms with Crippen molar-refractivity contribution in [2.75, 3.05) is 7.05 Å². The molecule has 1 heterocycles. The van der Waals surface area contributed by atoms with Gasteiger partial charge in [0, 0.05) is 19.7 Å². The molecule has 1 rings (SSSR count). The van der Waals surface area contributed by atoms with Crippen molar-refractivity contribution >= 4 is 17.6 Å². The second kappa shape index (κ2) is 5.32. The van der Waals surface area contributed by atoms with Crippen LogP contribution < -0.4 is 0 Å². The van der Waals surface area contributed by atoms with E-state index in [4.69, 9.17) is 5.11 Å². The summed E-state index contributed by atoms with van der Waals surface area (Å²) in [6.07, 6.45) is 1.26. The number of likely N-dealkylation sites (N-methyl/N-ethyl adjacent to an activating group) is 1. The molecule has 0 radical (unpaired) electrons. The van der Waals surface area contributed by atoms with Crippen LogP contribution in [0.15, 0.2) is 12.3 Å². The molecule has 0 spiro atoms. The molecule has 0 aliphatic rings. The Bertz CT molecular complexity index is 561. The van der Waals surface area contributed by atoms with E-state index in [2.05, 4.69) is 0 Å². The summed E-state index contributed by atoms with van der Waals surface area (Å²) in [7, 11) is 1.36. The van der Waals surface area contributed by atoms with Gasteiger partial charge >= 0.3 is 5.97 Å². The number of carbonyl (C=O) groups is 2. The fourth-order valence-electron chi connectivity index (χ4n) is 1.60. The second-order valence-electron chi connectivity index (χ2n) is 4.86. The minimum atomic E-state index is -1.41. The van der Waals surface area contributed by atoms with Gasteiger partial charge < -0.3 is 14.6 Å². The number of aryl methyl sites for hydroxylation is 1. The third-order valence-electron chi connectivity index (χ3n) is 3.32. The van der Waals surface area contributed by atoms with Crippen LogP contribution in [0.25, 0.3) is 0 Å². The van der Waals surface area contributed by atoms with Crippen LogP contribution in [-0.2, 0) is 11.3 Å². The summed E-state index contributed by atoms with van der Waals surface area (Å²) < 4.78 is 1.43. The Hall–Kier alpha value is -2.38. The molecule has 1 amide bonds. The van der Waals surface area contributed by atoms with E-state index < -0.39 is 22.3 Å². The topological polar surface area (TPSA) is 106 Å². The lowest BCUT2D eigenvalue weighted by Crippen LogP contribution is -2.51. The number of hydrogen-bond donors (Lipinski definition) is 1. The molecule has 0 saturated carbocycles. The molecule has 0 saturated heterocycles. The van der Waals surface area contributed by atoms with E-state index in [-0.39, 0.29) is 11.4 Å². The third-order valence-corrected chi connectivity index (χ3v) is 3.32. The van der Waals surface area contributed by atoms with Gasteiger partial charge in [0.1, 0.15) is 11.2 Å². The van der Waals surface area contributed by atoms with Gasteiger partial charge in [0.25, 0.3) is 11.6 Å². The summed E-state index contributed by atoms with van der Waals surface area (Å²) in [6, 6.07) is 1.15. The highest BCUT2D eigenvalue weighted by Gasteiger charge is 2.37. The summed E-state index contributed by atoms with van der Waals surface area (Å²) in [4.78, 5) is 34.7. The highest BCUT2D eigenvalue weighted by Crippen LogP contribution is 2.21. The van der Waals surface area contributed by atoms with Crippen LogP contribution in [0.2, 0.25) is 0 Å². The first kappa shape index (κ1) is 15.7. The summed E-state index contributed by atoms with van der Waals surface area (Å²) in [5.41, 5.74) is -1.51. The van der Waals surface area contributed by atoms with Crippen molar-refractivity contribution in [1.29, 1.82) is 0 Å². The standard InChI is InChI=1S/C12H17N3O5/c1-5-14-7-8(15(19)20)6-9(14)10(16)13(4)12(2,3)11(17)18/h6-7H,5H2,1-4H3,(H,17,18). The summed E-state index contributed by atoms with van der Waals surface area (Å²) >= 11 is 0. The van der Waals surface area contributed by atoms with Crippen molar-refractivity contribution < 1.29 is 19.6 Å². The van der Waals surface area contributed by atoms with Crippen molar-refractivity contribution in [2.45, 2.75) is 32.9 Å². The number of rotatable bonds is 5. The lowest BCUT2D eigenvalue weighted by molar-refractivity contribution is -0.384. The quantitative estimate of drug-likeness (QED) is 0.648. The van der Waals surface area contributed by atoms with Gasteiger partial charge in [0.2, 0.25) is 0 Å². The van der Waals surface area contributed by atoms with Gasteiger partial charge in [-0.1, -0.05) is 0 Å². The van der Waals surface area contributed by atoms with Crippen LogP contribution in [0, 0.1) is 10.1 Å². The number of aliphatic carboxylic acids is 1. The van der Waals surface area contributed by atoms with E-state index in [0.29, 0.717) is 6.54 Å². The van der Waals surface area contributed by atoms with Gasteiger partial charge in [-0.15, -0.1) is 0 Å². The Morgan fingerprint density at radius 3 is 2.45 bits per heavy atom. The first-order valence-electron chi connectivity index (χ1n) is 5.99. The Labute approximate surface area is 115 Å². The molecule has 1 aromatic heterocycles. The zero-order valence-corrected chi connectivity index (χ0v) is 11.8. The SMILES string of the molecule is CCn1cc([N+](=O)[O-])cc1C(=O)N(C)C(C)(C)C(=O)O. The smallest absolute Gasteiger partial charge is 0.329 e. The molecule has 1 aromatic rings. The van der Waals surface area contributed by atoms with Crippen molar-refractivity contribution in [1.82, 2.24) is 9.47 Å². The molecule has 0 unspecified atom stereocenters. The Morgan fingerprint density at radius 1 is 1.50 bits per heavy atom. The number of carboxylic acids is 1. The molecule has 1 N–H and O–H groups in total. The maximum absolute atomic E-state index is 12.3. The van der Waals surface area contributed by atoms with Crippen LogP contribution in [0.4, 0.5) is 5.69 Å². The molecule has 0 fully saturated rings. The minimum Gasteiger partial charge on any atom is -0.480 e. The largest absolute Gasteiger partial charge is 0.480 e. The maximum Gasteiger partial charge on any atom is 0.329 e. The lowest BCUT2D eigenvalue weighted by Gasteiger charge is -2.31. The zero-order valence-electron chi connectivity index (χ0n) is 11.8. The van der Waals surface area contributed by atoms with Crippen LogP contribution in [-0.4, -0.2) is 44.0 Å². The molecule has 110 valence electrons. The number of nitrogens with zero attached hydrogens (tertiary/aromatic N) is 3. The van der Waals surface area contributed by atoms with Crippen molar-refractivity contribution in [3.05, 3.63) is 28.1 Å². The van der Waals surface area contributed by atoms with E-state index in [1.807, 2.05) is 0 Å². The first-order valence-corrected chi connectivity index (χ1v) is 5.99. The monoisotopic (exact) mass is 283 g/mol. The molecule has 0 bridgehead atoms. The number of aromatic nitrogens is 1. The fraction of sp³-hybridized carbons (Fsp3) is 0.500. The number of carboxylic acid groups (broad SMARTS) is 1. The van der Waals surface area contributed by atoms with Gasteiger partial charge in [-0.05, 0) is 20.8 Å². The van der Waals surface area contributed by atoms with E-state index in [9.17, 15) is 19.7 Å². The van der Waals surface area contributed by atoms with Crippen molar-refractivity contribution in [3.63, 3.8) is 0 Å². The number of hydrogen-bond acceptors (Lipinski definition) is 4. The van der Waals surface area contributed by atoms with Crippen LogP contribution >= 0.6 is 0 Å². The molecule has 0 atom stereocenters. The van der Waals surface area contributed by atoms with Gasteiger partial charge in [-0.2, -0.15) is 0 Å². The maximum atomic E-state index is 12.3. The second-order valence-corrected chi connectivity index (χ2v) is 4.86. The lowest BCUT2D eigenvalue weighted by atomic mass is 10.0. The number of nitro groups is 1. The first-order chi connectivity index (χ1) is 9.12. The molecule has 8 heteroatoms. The van der Waals surface area contributed by atoms with Crippen LogP contribution in [0.5, 0.6) is 0 Å². The normalized spacial score (nSPS) is 11.2. The van der Waals surface area contributed by atoms with E-state index in [0.717, 1.165) is 11.0 Å². The summed E-state index contributed by atoms with van der Waals surface area (Å²) in [6.45, 7) is 4.89. The van der Waals surface area contributed by atoms with Crippen molar-refractivity contribution in [3.8, 4) is 0 Å². The van der Waals surface area contributed by atoms with Crippen molar-refractivity contribution in [2.24, 2.45) is 0 Å². The average Bonchev–Trinajstić information content (AvgIpc) is 2.80. The minimum absolute atomic E-state index is 0.0935. The highest BCUT2D eigenvalue weighted by atomic mass is 16.6. The Morgan fingerprint density at radius 2 is 2.05 bits per heavy atom. The van der Waals surface area contributed by atoms with Gasteiger partial charge in [-0.3, -0.25) is 14.9 Å². The fourth-order valence-corrected chi connectivity index (χ4v) is 1.60. The number of carbonyl (C=O) groups excluding carboxylic acids is 1. The molecule has 0 aliphatic carbocycles. The van der Waals surface area contributed by atoms with Gasteiger partial charge in [-0.25, -0.2) is 4.79 Å². The van der Waals surface area contributed by atoms with Gasteiger partial charge in [0.15, 0.2) is 0 Å². The molecule has 8 nitrogen and oxygen atoms in total. The number of amides is 1. The molecular formula is C12H17N3O5. The molecule has 0 aromatic carbocycles. The highest BCUT2D eigenvalue weighted by molar-refractivity contribution is 5.97. The van der Waals surface area contributed by atoms with E-state index in [1.165, 1.54) is 31.7 Å². The zero-order chi connectivity index (χ0) is 15.7. The van der Waals surface area contributed by atoms with E-state index >= 15 is 0 Å². The predicted molar refractivity (Wildman–Crippen MR) is 70.6 cm³/mol. The molecule has 20 heavy (non-hydrogen) atoms. The van der Waals surface area contributed by atoms with Gasteiger partial charge in [0.05, 0.1) is 11.1 Å². The predicted octanol–water partition coefficient (Wildman–Crippen LogP) is 1.35. The Balaban J connectivity index is 3.21. The molecule has 0 aliphatic heterocycles.